The minimum Gasteiger partial charge on any atom is -0.459 e. The molecule has 3 rings (SSSR count). The minimum atomic E-state index is -0.0993. The van der Waals surface area contributed by atoms with Gasteiger partial charge in [-0.05, 0) is 19.1 Å². The van der Waals surface area contributed by atoms with Gasteiger partial charge in [-0.3, -0.25) is 9.48 Å². The van der Waals surface area contributed by atoms with E-state index in [-0.39, 0.29) is 11.8 Å². The first-order valence-electron chi connectivity index (χ1n) is 7.12. The highest BCUT2D eigenvalue weighted by Crippen LogP contribution is 2.28. The highest BCUT2D eigenvalue weighted by Gasteiger charge is 2.31. The van der Waals surface area contributed by atoms with Crippen LogP contribution in [0.3, 0.4) is 0 Å². The van der Waals surface area contributed by atoms with Gasteiger partial charge in [-0.2, -0.15) is 5.10 Å². The molecule has 0 saturated carbocycles. The Balaban J connectivity index is 1.84. The van der Waals surface area contributed by atoms with E-state index in [1.807, 2.05) is 20.2 Å². The van der Waals surface area contributed by atoms with Gasteiger partial charge < -0.3 is 14.1 Å². The Morgan fingerprint density at radius 3 is 3.14 bits per heavy atom. The number of carbonyl (C=O) groups excluding carboxylic acids is 1. The van der Waals surface area contributed by atoms with Crippen LogP contribution >= 0.6 is 0 Å². The second-order valence-electron chi connectivity index (χ2n) is 5.22. The number of rotatable bonds is 4. The first-order chi connectivity index (χ1) is 10.2. The normalized spacial score (nSPS) is 17.8. The fourth-order valence-corrected chi connectivity index (χ4v) is 2.74. The van der Waals surface area contributed by atoms with Gasteiger partial charge in [0.1, 0.15) is 0 Å². The van der Waals surface area contributed by atoms with Crippen molar-refractivity contribution in [1.82, 2.24) is 14.7 Å². The van der Waals surface area contributed by atoms with Crippen LogP contribution in [0.25, 0.3) is 0 Å². The minimum absolute atomic E-state index is 0.0993. The third-order valence-corrected chi connectivity index (χ3v) is 3.70. The number of aromatic nitrogens is 2. The number of hydrogen-bond acceptors (Lipinski definition) is 4. The van der Waals surface area contributed by atoms with Crippen molar-refractivity contribution in [3.63, 3.8) is 0 Å². The third-order valence-electron chi connectivity index (χ3n) is 3.70. The van der Waals surface area contributed by atoms with E-state index in [9.17, 15) is 4.79 Å². The summed E-state index contributed by atoms with van der Waals surface area (Å²) in [6, 6.07) is 3.41. The van der Waals surface area contributed by atoms with Crippen LogP contribution in [0.1, 0.15) is 34.7 Å². The molecule has 0 saturated heterocycles. The fourth-order valence-electron chi connectivity index (χ4n) is 2.74. The van der Waals surface area contributed by atoms with Crippen LogP contribution in [-0.4, -0.2) is 40.3 Å². The number of furan rings is 1. The number of hydrogen-bond donors (Lipinski definition) is 0. The standard InChI is InChI=1S/C15H19N3O3/c1-3-20-10-11-7-18(15(19)14-5-4-6-21-14)9-13-12(11)8-17(2)16-13/h4-6,8,11H,3,7,9-10H2,1-2H3/t11-/m0/s1. The van der Waals surface area contributed by atoms with E-state index in [2.05, 4.69) is 5.10 Å². The summed E-state index contributed by atoms with van der Waals surface area (Å²) in [5.41, 5.74) is 2.11. The van der Waals surface area contributed by atoms with Crippen LogP contribution in [0.4, 0.5) is 0 Å². The fraction of sp³-hybridized carbons (Fsp3) is 0.467. The van der Waals surface area contributed by atoms with E-state index in [1.54, 1.807) is 21.7 Å². The quantitative estimate of drug-likeness (QED) is 0.861. The van der Waals surface area contributed by atoms with Crippen LogP contribution < -0.4 is 0 Å². The summed E-state index contributed by atoms with van der Waals surface area (Å²) in [5.74, 6) is 0.420. The zero-order chi connectivity index (χ0) is 14.8. The summed E-state index contributed by atoms with van der Waals surface area (Å²) in [6.07, 6.45) is 3.54. The summed E-state index contributed by atoms with van der Waals surface area (Å²) in [7, 11) is 1.90. The predicted octanol–water partition coefficient (Wildman–Crippen LogP) is 1.79. The van der Waals surface area contributed by atoms with Gasteiger partial charge in [-0.15, -0.1) is 0 Å². The summed E-state index contributed by atoms with van der Waals surface area (Å²) in [5, 5.41) is 4.46. The molecule has 0 aromatic carbocycles. The van der Waals surface area contributed by atoms with Gasteiger partial charge in [0.2, 0.25) is 0 Å². The zero-order valence-electron chi connectivity index (χ0n) is 12.3. The maximum atomic E-state index is 12.5. The lowest BCUT2D eigenvalue weighted by Crippen LogP contribution is -2.39. The lowest BCUT2D eigenvalue weighted by atomic mass is 9.95. The molecule has 1 aliphatic heterocycles. The van der Waals surface area contributed by atoms with E-state index in [0.717, 1.165) is 5.69 Å². The van der Waals surface area contributed by atoms with Gasteiger partial charge in [0.25, 0.3) is 5.91 Å². The zero-order valence-corrected chi connectivity index (χ0v) is 12.3. The van der Waals surface area contributed by atoms with Crippen molar-refractivity contribution in [2.24, 2.45) is 7.05 Å². The molecule has 0 N–H and O–H groups in total. The summed E-state index contributed by atoms with van der Waals surface area (Å²) in [4.78, 5) is 14.2. The van der Waals surface area contributed by atoms with Crippen molar-refractivity contribution < 1.29 is 13.9 Å². The monoisotopic (exact) mass is 289 g/mol. The molecule has 0 radical (unpaired) electrons. The van der Waals surface area contributed by atoms with E-state index >= 15 is 0 Å². The highest BCUT2D eigenvalue weighted by molar-refractivity contribution is 5.91. The lowest BCUT2D eigenvalue weighted by Gasteiger charge is -2.31. The number of nitrogens with zero attached hydrogens (tertiary/aromatic N) is 3. The van der Waals surface area contributed by atoms with Crippen LogP contribution in [0.5, 0.6) is 0 Å². The number of aryl methyl sites for hydroxylation is 1. The molecular weight excluding hydrogens is 270 g/mol. The van der Waals surface area contributed by atoms with Gasteiger partial charge in [0.15, 0.2) is 5.76 Å². The molecule has 0 spiro atoms. The van der Waals surface area contributed by atoms with Crippen molar-refractivity contribution in [3.05, 3.63) is 41.6 Å². The Labute approximate surface area is 123 Å². The van der Waals surface area contributed by atoms with E-state index in [1.165, 1.54) is 11.8 Å². The summed E-state index contributed by atoms with van der Waals surface area (Å²) < 4.78 is 12.6. The van der Waals surface area contributed by atoms with Crippen LogP contribution in [-0.2, 0) is 18.3 Å². The molecule has 0 fully saturated rings. The molecule has 6 heteroatoms. The van der Waals surface area contributed by atoms with Crippen LogP contribution in [0.2, 0.25) is 0 Å². The Morgan fingerprint density at radius 2 is 2.43 bits per heavy atom. The molecule has 0 unspecified atom stereocenters. The van der Waals surface area contributed by atoms with E-state index in [0.29, 0.717) is 32.1 Å². The number of fused-ring (bicyclic) bond motifs is 1. The maximum absolute atomic E-state index is 12.5. The lowest BCUT2D eigenvalue weighted by molar-refractivity contribution is 0.0622. The van der Waals surface area contributed by atoms with Crippen molar-refractivity contribution in [2.45, 2.75) is 19.4 Å². The Morgan fingerprint density at radius 1 is 1.57 bits per heavy atom. The van der Waals surface area contributed by atoms with Crippen LogP contribution in [0, 0.1) is 0 Å². The number of ether oxygens (including phenoxy) is 1. The second-order valence-corrected chi connectivity index (χ2v) is 5.22. The average Bonchev–Trinajstić information content (AvgIpc) is 3.11. The molecule has 2 aromatic heterocycles. The largest absolute Gasteiger partial charge is 0.459 e. The Kier molecular flexibility index (Phi) is 3.79. The molecule has 0 aliphatic carbocycles. The van der Waals surface area contributed by atoms with Crippen molar-refractivity contribution >= 4 is 5.91 Å². The summed E-state index contributed by atoms with van der Waals surface area (Å²) in [6.45, 7) is 4.37. The van der Waals surface area contributed by atoms with Crippen molar-refractivity contribution in [2.75, 3.05) is 19.8 Å². The average molecular weight is 289 g/mol. The molecule has 1 atom stereocenters. The van der Waals surface area contributed by atoms with Gasteiger partial charge in [0.05, 0.1) is 25.1 Å². The van der Waals surface area contributed by atoms with Gasteiger partial charge in [-0.1, -0.05) is 0 Å². The van der Waals surface area contributed by atoms with Crippen molar-refractivity contribution in [3.8, 4) is 0 Å². The topological polar surface area (TPSA) is 60.5 Å². The van der Waals surface area contributed by atoms with Gasteiger partial charge in [-0.25, -0.2) is 0 Å². The van der Waals surface area contributed by atoms with E-state index < -0.39 is 0 Å². The molecule has 0 bridgehead atoms. The molecule has 1 amide bonds. The Bertz CT molecular complexity index is 618. The number of carbonyl (C=O) groups is 1. The highest BCUT2D eigenvalue weighted by atomic mass is 16.5. The number of amides is 1. The molecule has 3 heterocycles. The SMILES string of the molecule is CCOC[C@@H]1CN(C(=O)c2ccco2)Cc2nn(C)cc21. The first-order valence-corrected chi connectivity index (χ1v) is 7.12. The predicted molar refractivity (Wildman–Crippen MR) is 75.9 cm³/mol. The van der Waals surface area contributed by atoms with Crippen molar-refractivity contribution in [1.29, 1.82) is 0 Å². The molecule has 1 aliphatic rings. The molecule has 21 heavy (non-hydrogen) atoms. The maximum Gasteiger partial charge on any atom is 0.289 e. The third kappa shape index (κ3) is 2.71. The van der Waals surface area contributed by atoms with Gasteiger partial charge in [0, 0.05) is 37.9 Å². The molecule has 112 valence electrons. The smallest absolute Gasteiger partial charge is 0.289 e. The van der Waals surface area contributed by atoms with Gasteiger partial charge >= 0.3 is 0 Å². The summed E-state index contributed by atoms with van der Waals surface area (Å²) >= 11 is 0. The first kappa shape index (κ1) is 13.9. The second kappa shape index (κ2) is 5.73. The molecule has 6 nitrogen and oxygen atoms in total. The molecular formula is C15H19N3O3. The van der Waals surface area contributed by atoms with Crippen LogP contribution in [0.15, 0.2) is 29.0 Å². The molecule has 2 aromatic rings. The van der Waals surface area contributed by atoms with E-state index in [4.69, 9.17) is 9.15 Å². The Hall–Kier alpha value is -2.08.